The topological polar surface area (TPSA) is 58.0 Å². The minimum absolute atomic E-state index is 0.152. The number of sulfone groups is 1. The first kappa shape index (κ1) is 9.71. The van der Waals surface area contributed by atoms with Gasteiger partial charge in [-0.05, 0) is 33.1 Å². The molecule has 1 aliphatic rings. The van der Waals surface area contributed by atoms with E-state index in [1.807, 2.05) is 0 Å². The summed E-state index contributed by atoms with van der Waals surface area (Å²) in [4.78, 5) is 0. The van der Waals surface area contributed by atoms with E-state index in [1.54, 1.807) is 13.8 Å². The number of hydrogen-bond donors (Lipinski definition) is 1. The van der Waals surface area contributed by atoms with Crippen LogP contribution < -0.4 is 0 Å². The fraction of sp³-hybridized carbons (Fsp3) is 0.875. The van der Waals surface area contributed by atoms with Crippen molar-refractivity contribution in [3.8, 4) is 0 Å². The van der Waals surface area contributed by atoms with Crippen LogP contribution in [0.15, 0.2) is 0 Å². The molecular weight excluding hydrogens is 174 g/mol. The van der Waals surface area contributed by atoms with E-state index in [4.69, 9.17) is 5.41 Å². The van der Waals surface area contributed by atoms with Gasteiger partial charge in [0.25, 0.3) is 0 Å². The SMILES string of the molecule is CC(=N)CCS(=O)(=O)C1(C)CC1. The van der Waals surface area contributed by atoms with Crippen LogP contribution in [-0.4, -0.2) is 24.6 Å². The zero-order valence-electron chi connectivity index (χ0n) is 7.55. The predicted octanol–water partition coefficient (Wildman–Crippen LogP) is 1.38. The van der Waals surface area contributed by atoms with Gasteiger partial charge in [0.1, 0.15) is 0 Å². The molecule has 3 nitrogen and oxygen atoms in total. The first-order valence-corrected chi connectivity index (χ1v) is 5.79. The average molecular weight is 189 g/mol. The maximum atomic E-state index is 11.5. The molecule has 70 valence electrons. The first-order valence-electron chi connectivity index (χ1n) is 4.14. The molecule has 0 aliphatic heterocycles. The van der Waals surface area contributed by atoms with Gasteiger partial charge in [-0.1, -0.05) is 0 Å². The third kappa shape index (κ3) is 1.86. The zero-order valence-corrected chi connectivity index (χ0v) is 8.37. The van der Waals surface area contributed by atoms with Gasteiger partial charge in [-0.25, -0.2) is 8.42 Å². The van der Waals surface area contributed by atoms with Crippen LogP contribution >= 0.6 is 0 Å². The summed E-state index contributed by atoms with van der Waals surface area (Å²) in [6, 6.07) is 0. The lowest BCUT2D eigenvalue weighted by Crippen LogP contribution is -2.23. The van der Waals surface area contributed by atoms with Gasteiger partial charge in [-0.2, -0.15) is 0 Å². The van der Waals surface area contributed by atoms with E-state index in [0.29, 0.717) is 12.1 Å². The van der Waals surface area contributed by atoms with Gasteiger partial charge >= 0.3 is 0 Å². The fourth-order valence-electron chi connectivity index (χ4n) is 1.02. The maximum Gasteiger partial charge on any atom is 0.156 e. The van der Waals surface area contributed by atoms with Crippen LogP contribution in [-0.2, 0) is 9.84 Å². The van der Waals surface area contributed by atoms with Crippen LogP contribution in [0.2, 0.25) is 0 Å². The van der Waals surface area contributed by atoms with Gasteiger partial charge < -0.3 is 5.41 Å². The van der Waals surface area contributed by atoms with E-state index < -0.39 is 14.6 Å². The lowest BCUT2D eigenvalue weighted by atomic mass is 10.3. The molecule has 1 N–H and O–H groups in total. The molecule has 0 aromatic carbocycles. The fourth-order valence-corrected chi connectivity index (χ4v) is 2.81. The maximum absolute atomic E-state index is 11.5. The van der Waals surface area contributed by atoms with Crippen molar-refractivity contribution in [3.63, 3.8) is 0 Å². The Morgan fingerprint density at radius 3 is 2.33 bits per heavy atom. The summed E-state index contributed by atoms with van der Waals surface area (Å²) in [6.07, 6.45) is 1.98. The van der Waals surface area contributed by atoms with Crippen LogP contribution in [0.4, 0.5) is 0 Å². The van der Waals surface area contributed by atoms with Crippen LogP contribution in [0.25, 0.3) is 0 Å². The van der Waals surface area contributed by atoms with Crippen molar-refractivity contribution >= 4 is 15.5 Å². The zero-order chi connectivity index (χ0) is 9.41. The molecule has 1 aliphatic carbocycles. The molecule has 0 spiro atoms. The molecule has 0 atom stereocenters. The van der Waals surface area contributed by atoms with Gasteiger partial charge in [0, 0.05) is 5.71 Å². The van der Waals surface area contributed by atoms with Gasteiger partial charge in [-0.15, -0.1) is 0 Å². The molecule has 12 heavy (non-hydrogen) atoms. The molecular formula is C8H15NO2S. The Balaban J connectivity index is 2.56. The standard InChI is InChI=1S/C8H15NO2S/c1-7(9)3-6-12(10,11)8(2)4-5-8/h9H,3-6H2,1-2H3. The summed E-state index contributed by atoms with van der Waals surface area (Å²) in [5, 5.41) is 7.13. The van der Waals surface area contributed by atoms with Crippen LogP contribution in [0, 0.1) is 5.41 Å². The van der Waals surface area contributed by atoms with Gasteiger partial charge in [0.05, 0.1) is 10.5 Å². The van der Waals surface area contributed by atoms with Gasteiger partial charge in [0.15, 0.2) is 9.84 Å². The third-order valence-corrected chi connectivity index (χ3v) is 5.10. The Morgan fingerprint density at radius 2 is 2.00 bits per heavy atom. The van der Waals surface area contributed by atoms with Crippen LogP contribution in [0.5, 0.6) is 0 Å². The van der Waals surface area contributed by atoms with Crippen molar-refractivity contribution in [1.29, 1.82) is 5.41 Å². The quantitative estimate of drug-likeness (QED) is 0.679. The molecule has 0 bridgehead atoms. The van der Waals surface area contributed by atoms with E-state index in [9.17, 15) is 8.42 Å². The van der Waals surface area contributed by atoms with Crippen molar-refractivity contribution in [2.45, 2.75) is 37.9 Å². The van der Waals surface area contributed by atoms with Crippen molar-refractivity contribution in [2.24, 2.45) is 0 Å². The number of hydrogen-bond acceptors (Lipinski definition) is 3. The lowest BCUT2D eigenvalue weighted by Gasteiger charge is -2.09. The number of nitrogens with one attached hydrogen (secondary N) is 1. The van der Waals surface area contributed by atoms with Crippen molar-refractivity contribution in [3.05, 3.63) is 0 Å². The highest BCUT2D eigenvalue weighted by atomic mass is 32.2. The molecule has 1 fully saturated rings. The second-order valence-electron chi connectivity index (χ2n) is 3.80. The van der Waals surface area contributed by atoms with Gasteiger partial charge in [0.2, 0.25) is 0 Å². The Bertz CT molecular complexity index is 288. The Kier molecular flexibility index (Phi) is 2.29. The normalized spacial score (nSPS) is 20.5. The van der Waals surface area contributed by atoms with Crippen molar-refractivity contribution in [1.82, 2.24) is 0 Å². The van der Waals surface area contributed by atoms with E-state index >= 15 is 0 Å². The smallest absolute Gasteiger partial charge is 0.156 e. The summed E-state index contributed by atoms with van der Waals surface area (Å²) in [6.45, 7) is 3.44. The van der Waals surface area contributed by atoms with Crippen LogP contribution in [0.3, 0.4) is 0 Å². The second-order valence-corrected chi connectivity index (χ2v) is 6.42. The summed E-state index contributed by atoms with van der Waals surface area (Å²) < 4.78 is 22.6. The predicted molar refractivity (Wildman–Crippen MR) is 49.4 cm³/mol. The second kappa shape index (κ2) is 2.83. The average Bonchev–Trinajstić information content (AvgIpc) is 2.65. The summed E-state index contributed by atoms with van der Waals surface area (Å²) in [7, 11) is -2.92. The lowest BCUT2D eigenvalue weighted by molar-refractivity contribution is 0.582. The highest BCUT2D eigenvalue weighted by molar-refractivity contribution is 7.93. The van der Waals surface area contributed by atoms with Crippen molar-refractivity contribution < 1.29 is 8.42 Å². The minimum Gasteiger partial charge on any atom is -0.310 e. The third-order valence-electron chi connectivity index (χ3n) is 2.45. The Labute approximate surface area is 73.6 Å². The highest BCUT2D eigenvalue weighted by Crippen LogP contribution is 2.43. The van der Waals surface area contributed by atoms with Crippen molar-refractivity contribution in [2.75, 3.05) is 5.75 Å². The van der Waals surface area contributed by atoms with Gasteiger partial charge in [-0.3, -0.25) is 0 Å². The highest BCUT2D eigenvalue weighted by Gasteiger charge is 2.49. The molecule has 0 saturated heterocycles. The molecule has 1 rings (SSSR count). The Hall–Kier alpha value is -0.380. The summed E-state index contributed by atoms with van der Waals surface area (Å²) in [5.41, 5.74) is 0.447. The molecule has 0 unspecified atom stereocenters. The molecule has 4 heteroatoms. The Morgan fingerprint density at radius 1 is 1.50 bits per heavy atom. The summed E-state index contributed by atoms with van der Waals surface area (Å²) in [5.74, 6) is 0.152. The molecule has 0 aromatic heterocycles. The molecule has 0 heterocycles. The summed E-state index contributed by atoms with van der Waals surface area (Å²) >= 11 is 0. The first-order chi connectivity index (χ1) is 5.37. The largest absolute Gasteiger partial charge is 0.310 e. The van der Waals surface area contributed by atoms with E-state index in [0.717, 1.165) is 12.8 Å². The van der Waals surface area contributed by atoms with E-state index in [1.165, 1.54) is 0 Å². The minimum atomic E-state index is -2.92. The molecule has 0 amide bonds. The molecule has 1 saturated carbocycles. The number of rotatable bonds is 4. The molecule has 0 aromatic rings. The molecule has 0 radical (unpaired) electrons. The monoisotopic (exact) mass is 189 g/mol. The van der Waals surface area contributed by atoms with Crippen LogP contribution in [0.1, 0.15) is 33.1 Å². The van der Waals surface area contributed by atoms with E-state index in [-0.39, 0.29) is 5.75 Å². The van der Waals surface area contributed by atoms with E-state index in [2.05, 4.69) is 0 Å².